The zero-order valence-electron chi connectivity index (χ0n) is 25.0. The normalized spacial score (nSPS) is 11.9. The number of rotatable bonds is 11. The molecule has 0 bridgehead atoms. The van der Waals surface area contributed by atoms with Gasteiger partial charge in [0.2, 0.25) is 5.91 Å². The molecule has 0 aliphatic heterocycles. The quantitative estimate of drug-likeness (QED) is 0.102. The van der Waals surface area contributed by atoms with E-state index >= 15 is 0 Å². The minimum Gasteiger partial charge on any atom is -0.494 e. The van der Waals surface area contributed by atoms with E-state index in [-0.39, 0.29) is 17.5 Å². The van der Waals surface area contributed by atoms with Gasteiger partial charge in [-0.05, 0) is 92.6 Å². The number of aryl methyl sites for hydroxylation is 1. The molecule has 5 aromatic rings. The van der Waals surface area contributed by atoms with Crippen LogP contribution in [0.5, 0.6) is 5.75 Å². The molecule has 1 atom stereocenters. The molecule has 1 aromatic heterocycles. The molecule has 5 rings (SSSR count). The number of amides is 3. The lowest BCUT2D eigenvalue weighted by molar-refractivity contribution is -0.115. The highest BCUT2D eigenvalue weighted by Crippen LogP contribution is 2.31. The molecule has 0 fully saturated rings. The smallest absolute Gasteiger partial charge is 0.272 e. The zero-order valence-corrected chi connectivity index (χ0v) is 26.6. The molecule has 3 N–H and O–H groups in total. The molecule has 1 unspecified atom stereocenters. The first-order chi connectivity index (χ1) is 21.8. The summed E-state index contributed by atoms with van der Waals surface area (Å²) in [6.07, 6.45) is 1.67. The number of anilines is 2. The average Bonchev–Trinajstić information content (AvgIpc) is 3.44. The largest absolute Gasteiger partial charge is 0.494 e. The van der Waals surface area contributed by atoms with Gasteiger partial charge in [0.15, 0.2) is 5.13 Å². The number of benzene rings is 4. The fraction of sp³-hybridized carbons (Fsp3) is 0.143. The molecule has 0 radical (unpaired) electrons. The van der Waals surface area contributed by atoms with E-state index in [1.165, 1.54) is 23.1 Å². The maximum atomic E-state index is 13.4. The Morgan fingerprint density at radius 1 is 0.933 bits per heavy atom. The first-order valence-electron chi connectivity index (χ1n) is 14.3. The van der Waals surface area contributed by atoms with Gasteiger partial charge in [-0.2, -0.15) is 0 Å². The summed E-state index contributed by atoms with van der Waals surface area (Å²) in [6, 6.07) is 29.2. The van der Waals surface area contributed by atoms with Crippen molar-refractivity contribution in [1.29, 1.82) is 0 Å². The highest BCUT2D eigenvalue weighted by atomic mass is 32.2. The molecule has 1 heterocycles. The second-order valence-corrected chi connectivity index (χ2v) is 12.5. The lowest BCUT2D eigenvalue weighted by Gasteiger charge is -2.13. The van der Waals surface area contributed by atoms with Crippen molar-refractivity contribution in [2.45, 2.75) is 30.9 Å². The van der Waals surface area contributed by atoms with Crippen molar-refractivity contribution in [3.8, 4) is 5.75 Å². The number of nitrogens with zero attached hydrogens (tertiary/aromatic N) is 1. The fourth-order valence-corrected chi connectivity index (χ4v) is 6.11. The van der Waals surface area contributed by atoms with E-state index in [1.807, 2.05) is 81.4 Å². The number of carbonyl (C=O) groups is 3. The summed E-state index contributed by atoms with van der Waals surface area (Å²) in [7, 11) is 0. The molecule has 8 nitrogen and oxygen atoms in total. The summed E-state index contributed by atoms with van der Waals surface area (Å²) in [6.45, 7) is 6.28. The van der Waals surface area contributed by atoms with Gasteiger partial charge < -0.3 is 20.7 Å². The molecular weight excluding hydrogens is 605 g/mol. The molecule has 0 saturated carbocycles. The molecule has 4 aromatic carbocycles. The minimum atomic E-state index is -0.458. The van der Waals surface area contributed by atoms with E-state index in [4.69, 9.17) is 4.74 Å². The van der Waals surface area contributed by atoms with Crippen LogP contribution in [-0.2, 0) is 9.59 Å². The van der Waals surface area contributed by atoms with Gasteiger partial charge in [0.25, 0.3) is 11.8 Å². The Morgan fingerprint density at radius 2 is 1.67 bits per heavy atom. The van der Waals surface area contributed by atoms with Crippen LogP contribution in [-0.4, -0.2) is 34.6 Å². The summed E-state index contributed by atoms with van der Waals surface area (Å²) < 4.78 is 6.49. The van der Waals surface area contributed by atoms with Crippen molar-refractivity contribution >= 4 is 67.9 Å². The van der Waals surface area contributed by atoms with E-state index in [0.717, 1.165) is 32.0 Å². The third-order valence-corrected chi connectivity index (χ3v) is 8.76. The Bertz CT molecular complexity index is 1850. The van der Waals surface area contributed by atoms with Crippen molar-refractivity contribution in [3.05, 3.63) is 119 Å². The van der Waals surface area contributed by atoms with E-state index in [1.54, 1.807) is 42.5 Å². The van der Waals surface area contributed by atoms with Gasteiger partial charge >= 0.3 is 0 Å². The van der Waals surface area contributed by atoms with Gasteiger partial charge in [0.05, 0.1) is 22.1 Å². The van der Waals surface area contributed by atoms with Crippen LogP contribution in [0.1, 0.15) is 35.3 Å². The number of thiazole rings is 1. The monoisotopic (exact) mass is 636 g/mol. The summed E-state index contributed by atoms with van der Waals surface area (Å²) in [5.74, 6) is -0.238. The number of nitrogens with one attached hydrogen (secondary N) is 3. The van der Waals surface area contributed by atoms with Crippen LogP contribution in [0.25, 0.3) is 16.3 Å². The van der Waals surface area contributed by atoms with Crippen molar-refractivity contribution in [3.63, 3.8) is 0 Å². The van der Waals surface area contributed by atoms with Crippen LogP contribution in [0.3, 0.4) is 0 Å². The Labute approximate surface area is 269 Å². The van der Waals surface area contributed by atoms with Crippen LogP contribution in [0, 0.1) is 6.92 Å². The number of fused-ring (bicyclic) bond motifs is 1. The second kappa shape index (κ2) is 14.7. The Morgan fingerprint density at radius 3 is 2.40 bits per heavy atom. The van der Waals surface area contributed by atoms with Crippen molar-refractivity contribution < 1.29 is 19.1 Å². The van der Waals surface area contributed by atoms with E-state index in [2.05, 4.69) is 20.9 Å². The molecule has 0 aliphatic rings. The first kappa shape index (κ1) is 31.5. The van der Waals surface area contributed by atoms with Gasteiger partial charge in [0, 0.05) is 16.1 Å². The summed E-state index contributed by atoms with van der Waals surface area (Å²) >= 11 is 2.79. The molecule has 0 spiro atoms. The maximum Gasteiger partial charge on any atom is 0.272 e. The molecule has 0 saturated heterocycles. The van der Waals surface area contributed by atoms with Gasteiger partial charge in [0.1, 0.15) is 11.4 Å². The standard InChI is InChI=1S/C35H32N4O4S2/c1-4-43-27-16-19-29-31(21-27)45-35(38-29)39-32(40)23(3)44-28-17-14-26(15-18-28)36-34(42)30(20-25-13-9-8-10-22(25)2)37-33(41)24-11-6-5-7-12-24/h5-21,23H,4H2,1-3H3,(H,36,42)(H,37,41)(H,38,39,40)/b30-20-. The third kappa shape index (κ3) is 8.37. The van der Waals surface area contributed by atoms with Crippen molar-refractivity contribution in [2.75, 3.05) is 17.2 Å². The SMILES string of the molecule is CCOc1ccc2nc(NC(=O)C(C)Sc3ccc(NC(=O)/C(=C/c4ccccc4C)NC(=O)c4ccccc4)cc3)sc2c1. The summed E-state index contributed by atoms with van der Waals surface area (Å²) in [5.41, 5.74) is 3.69. The van der Waals surface area contributed by atoms with Gasteiger partial charge in [-0.3, -0.25) is 14.4 Å². The first-order valence-corrected chi connectivity index (χ1v) is 16.0. The van der Waals surface area contributed by atoms with Gasteiger partial charge in [-0.15, -0.1) is 11.8 Å². The Balaban J connectivity index is 1.22. The Kier molecular flexibility index (Phi) is 10.3. The highest BCUT2D eigenvalue weighted by Gasteiger charge is 2.18. The number of ether oxygens (including phenoxy) is 1. The zero-order chi connectivity index (χ0) is 31.8. The van der Waals surface area contributed by atoms with Crippen LogP contribution >= 0.6 is 23.1 Å². The summed E-state index contributed by atoms with van der Waals surface area (Å²) in [5, 5.41) is 8.69. The molecule has 10 heteroatoms. The maximum absolute atomic E-state index is 13.4. The molecule has 3 amide bonds. The number of hydrogen-bond acceptors (Lipinski definition) is 7. The average molecular weight is 637 g/mol. The van der Waals surface area contributed by atoms with E-state index in [0.29, 0.717) is 23.0 Å². The third-order valence-electron chi connectivity index (χ3n) is 6.71. The number of aromatic nitrogens is 1. The summed E-state index contributed by atoms with van der Waals surface area (Å²) in [4.78, 5) is 44.6. The van der Waals surface area contributed by atoms with Crippen LogP contribution < -0.4 is 20.7 Å². The van der Waals surface area contributed by atoms with Crippen LogP contribution in [0.2, 0.25) is 0 Å². The number of hydrogen-bond donors (Lipinski definition) is 3. The lowest BCUT2D eigenvalue weighted by atomic mass is 10.1. The number of thioether (sulfide) groups is 1. The van der Waals surface area contributed by atoms with Crippen molar-refractivity contribution in [2.24, 2.45) is 0 Å². The molecule has 45 heavy (non-hydrogen) atoms. The van der Waals surface area contributed by atoms with Crippen molar-refractivity contribution in [1.82, 2.24) is 10.3 Å². The lowest BCUT2D eigenvalue weighted by Crippen LogP contribution is -2.30. The molecule has 0 aliphatic carbocycles. The minimum absolute atomic E-state index is 0.117. The van der Waals surface area contributed by atoms with E-state index in [9.17, 15) is 14.4 Å². The van der Waals surface area contributed by atoms with Crippen LogP contribution in [0.15, 0.2) is 108 Å². The fourth-order valence-electron chi connectivity index (χ4n) is 4.34. The predicted octanol–water partition coefficient (Wildman–Crippen LogP) is 7.53. The van der Waals surface area contributed by atoms with Gasteiger partial charge in [-0.25, -0.2) is 4.98 Å². The van der Waals surface area contributed by atoms with E-state index < -0.39 is 11.2 Å². The predicted molar refractivity (Wildman–Crippen MR) is 183 cm³/mol. The van der Waals surface area contributed by atoms with Crippen LogP contribution in [0.4, 0.5) is 10.8 Å². The highest BCUT2D eigenvalue weighted by molar-refractivity contribution is 8.00. The number of carbonyl (C=O) groups excluding carboxylic acids is 3. The van der Waals surface area contributed by atoms with Gasteiger partial charge in [-0.1, -0.05) is 53.8 Å². The molecule has 228 valence electrons. The molecular formula is C35H32N4O4S2. The second-order valence-electron chi connectivity index (χ2n) is 10.0. The Hall–Kier alpha value is -4.93. The topological polar surface area (TPSA) is 109 Å².